The van der Waals surface area contributed by atoms with Gasteiger partial charge < -0.3 is 4.74 Å². The molecule has 0 saturated heterocycles. The zero-order valence-electron chi connectivity index (χ0n) is 14.9. The molecule has 0 amide bonds. The van der Waals surface area contributed by atoms with Crippen molar-refractivity contribution < 1.29 is 21.9 Å². The maximum Gasteiger partial charge on any atom is 0.389 e. The number of hydrogen-bond acceptors (Lipinski definition) is 7. The summed E-state index contributed by atoms with van der Waals surface area (Å²) in [6.45, 7) is 3.18. The Labute approximate surface area is 156 Å². The second-order valence-electron chi connectivity index (χ2n) is 6.90. The number of benzene rings is 2. The summed E-state index contributed by atoms with van der Waals surface area (Å²) in [5.74, 6) is 1.26. The normalized spacial score (nSPS) is 16.6. The van der Waals surface area contributed by atoms with E-state index in [1.165, 1.54) is 0 Å². The molecule has 1 aliphatic carbocycles. The average Bonchev–Trinajstić information content (AvgIpc) is 3.26. The van der Waals surface area contributed by atoms with E-state index in [1.54, 1.807) is 32.0 Å². The highest BCUT2D eigenvalue weighted by atomic mass is 32.2. The van der Waals surface area contributed by atoms with Crippen molar-refractivity contribution in [2.45, 2.75) is 38.0 Å². The Bertz CT molecular complexity index is 1140. The third-order valence-corrected chi connectivity index (χ3v) is 6.79. The van der Waals surface area contributed by atoms with Gasteiger partial charge in [-0.25, -0.2) is 4.63 Å². The van der Waals surface area contributed by atoms with Crippen molar-refractivity contribution in [2.75, 3.05) is 0 Å². The Morgan fingerprint density at radius 2 is 1.74 bits per heavy atom. The van der Waals surface area contributed by atoms with Crippen LogP contribution in [-0.4, -0.2) is 34.1 Å². The minimum atomic E-state index is -3.60. The number of nitrogens with one attached hydrogen (secondary N) is 1. The van der Waals surface area contributed by atoms with E-state index in [1.807, 2.05) is 18.2 Å². The fourth-order valence-electron chi connectivity index (χ4n) is 3.20. The van der Waals surface area contributed by atoms with Crippen LogP contribution in [0.15, 0.2) is 41.0 Å². The van der Waals surface area contributed by atoms with Gasteiger partial charge in [-0.2, -0.15) is 8.42 Å². The zero-order valence-corrected chi connectivity index (χ0v) is 15.7. The van der Waals surface area contributed by atoms with Gasteiger partial charge in [0.1, 0.15) is 27.8 Å². The summed E-state index contributed by atoms with van der Waals surface area (Å²) in [5.41, 5.74) is 11.4. The maximum atomic E-state index is 12.3. The van der Waals surface area contributed by atoms with Gasteiger partial charge >= 0.3 is 10.0 Å². The molecule has 1 heterocycles. The predicted molar refractivity (Wildman–Crippen MR) is 96.6 cm³/mol. The highest BCUT2D eigenvalue weighted by molar-refractivity contribution is 7.85. The molecule has 0 aliphatic heterocycles. The molecule has 0 spiro atoms. The number of nitrogens with zero attached hydrogens (tertiary/aromatic N) is 3. The minimum Gasteiger partial charge on any atom is -0.457 e. The first-order chi connectivity index (χ1) is 12.8. The van der Waals surface area contributed by atoms with E-state index in [-0.39, 0.29) is 6.04 Å². The Balaban J connectivity index is 1.53. The third-order valence-electron chi connectivity index (χ3n) is 4.75. The molecular formula is C18H19N4O4S+. The van der Waals surface area contributed by atoms with Gasteiger partial charge in [-0.3, -0.25) is 0 Å². The van der Waals surface area contributed by atoms with Crippen LogP contribution in [0.1, 0.15) is 25.0 Å². The molecule has 0 radical (unpaired) electrons. The molecule has 1 N–H and O–H groups in total. The summed E-state index contributed by atoms with van der Waals surface area (Å²) in [4.78, 5) is 0. The summed E-state index contributed by atoms with van der Waals surface area (Å²) >= 11 is 0. The van der Waals surface area contributed by atoms with Crippen molar-refractivity contribution in [2.24, 2.45) is 0 Å². The molecule has 1 aliphatic rings. The van der Waals surface area contributed by atoms with E-state index in [2.05, 4.69) is 14.9 Å². The summed E-state index contributed by atoms with van der Waals surface area (Å²) in [5, 5.41) is 6.94. The second-order valence-corrected chi connectivity index (χ2v) is 9.27. The van der Waals surface area contributed by atoms with Crippen molar-refractivity contribution in [3.05, 3.63) is 47.5 Å². The number of rotatable bonds is 5. The number of aromatic nitrogens is 2. The van der Waals surface area contributed by atoms with Gasteiger partial charge in [0.25, 0.3) is 0 Å². The summed E-state index contributed by atoms with van der Waals surface area (Å²) in [7, 11) is -3.60. The van der Waals surface area contributed by atoms with Crippen molar-refractivity contribution in [1.82, 2.24) is 10.3 Å². The number of sulfonamides is 1. The van der Waals surface area contributed by atoms with Crippen molar-refractivity contribution in [3.8, 4) is 11.5 Å². The van der Waals surface area contributed by atoms with Gasteiger partial charge in [0.05, 0.1) is 0 Å². The van der Waals surface area contributed by atoms with Crippen LogP contribution in [0.5, 0.6) is 11.5 Å². The molecule has 1 atom stereocenters. The minimum absolute atomic E-state index is 0.389. The van der Waals surface area contributed by atoms with Crippen LogP contribution in [0.2, 0.25) is 0 Å². The molecule has 0 bridgehead atoms. The lowest BCUT2D eigenvalue weighted by Gasteiger charge is -2.07. The average molecular weight is 387 g/mol. The zero-order chi connectivity index (χ0) is 19.2. The van der Waals surface area contributed by atoms with Gasteiger partial charge in [-0.1, -0.05) is 6.07 Å². The fourth-order valence-corrected chi connectivity index (χ4v) is 4.22. The smallest absolute Gasteiger partial charge is 0.389 e. The van der Waals surface area contributed by atoms with E-state index in [0.717, 1.165) is 15.2 Å². The van der Waals surface area contributed by atoms with E-state index in [4.69, 9.17) is 10.3 Å². The quantitative estimate of drug-likeness (QED) is 0.531. The highest BCUT2D eigenvalue weighted by Crippen LogP contribution is 2.31. The van der Waals surface area contributed by atoms with Gasteiger partial charge in [0.2, 0.25) is 6.04 Å². The monoisotopic (exact) mass is 387 g/mol. The van der Waals surface area contributed by atoms with Crippen LogP contribution < -0.4 is 4.74 Å². The molecule has 3 aromatic rings. The molecule has 1 unspecified atom stereocenters. The summed E-state index contributed by atoms with van der Waals surface area (Å²) < 4.78 is 35.9. The first kappa shape index (κ1) is 17.6. The number of ether oxygens (including phenoxy) is 1. The first-order valence-corrected chi connectivity index (χ1v) is 10.1. The van der Waals surface area contributed by atoms with Gasteiger partial charge in [-0.15, -0.1) is 0 Å². The lowest BCUT2D eigenvalue weighted by atomic mass is 10.1. The Hall–Kier alpha value is -2.81. The molecule has 1 aromatic heterocycles. The molecular weight excluding hydrogens is 368 g/mol. The van der Waals surface area contributed by atoms with E-state index in [9.17, 15) is 8.42 Å². The molecule has 4 rings (SSSR count). The van der Waals surface area contributed by atoms with Gasteiger partial charge in [0.15, 0.2) is 0 Å². The topological polar surface area (TPSA) is 109 Å². The van der Waals surface area contributed by atoms with Crippen LogP contribution in [0.25, 0.3) is 11.0 Å². The third kappa shape index (κ3) is 3.18. The molecule has 9 heteroatoms. The molecule has 0 saturated carbocycles. The Kier molecular flexibility index (Phi) is 4.18. The van der Waals surface area contributed by atoms with Crippen molar-refractivity contribution in [3.63, 3.8) is 0 Å². The molecule has 2 aromatic carbocycles. The van der Waals surface area contributed by atoms with Crippen LogP contribution in [0, 0.1) is 5.53 Å². The summed E-state index contributed by atoms with van der Waals surface area (Å²) in [6, 6.07) is 10.6. The first-order valence-electron chi connectivity index (χ1n) is 8.61. The maximum absolute atomic E-state index is 12.3. The van der Waals surface area contributed by atoms with Gasteiger partial charge in [-0.05, 0) is 69.2 Å². The van der Waals surface area contributed by atoms with E-state index >= 15 is 0 Å². The van der Waals surface area contributed by atoms with Crippen LogP contribution in [0.3, 0.4) is 0 Å². The largest absolute Gasteiger partial charge is 0.457 e. The van der Waals surface area contributed by atoms with Crippen molar-refractivity contribution in [1.29, 1.82) is 5.53 Å². The molecule has 140 valence electrons. The lowest BCUT2D eigenvalue weighted by Crippen LogP contribution is -2.34. The van der Waals surface area contributed by atoms with E-state index < -0.39 is 15.3 Å². The van der Waals surface area contributed by atoms with Crippen LogP contribution in [0.4, 0.5) is 0 Å². The number of fused-ring (bicyclic) bond motifs is 2. The SMILES string of the molecule is CC(C)S(=O)(=O)[N+](=N)C1Cc2ccc(Oc3ccc4nonc4c3)cc2C1. The fraction of sp³-hybridized carbons (Fsp3) is 0.333. The second kappa shape index (κ2) is 6.41. The van der Waals surface area contributed by atoms with Crippen LogP contribution >= 0.6 is 0 Å². The molecule has 0 fully saturated rings. The summed E-state index contributed by atoms with van der Waals surface area (Å²) in [6.07, 6.45) is 1.02. The predicted octanol–water partition coefficient (Wildman–Crippen LogP) is 3.26. The standard InChI is InChI=1S/C18H19N4O4S/c1-11(2)27(23,24)22(19)14-7-12-3-4-15(9-13(12)8-14)25-16-5-6-17-18(10-16)21-26-20-17/h3-6,9-11,14,19H,7-8H2,1-2H3/q+1. The highest BCUT2D eigenvalue weighted by Gasteiger charge is 2.40. The van der Waals surface area contributed by atoms with Gasteiger partial charge in [0, 0.05) is 18.9 Å². The number of hydrogen-bond donors (Lipinski definition) is 1. The van der Waals surface area contributed by atoms with Crippen LogP contribution in [-0.2, 0) is 22.9 Å². The Morgan fingerprint density at radius 3 is 2.52 bits per heavy atom. The molecule has 8 nitrogen and oxygen atoms in total. The van der Waals surface area contributed by atoms with E-state index in [0.29, 0.717) is 35.4 Å². The molecule has 27 heavy (non-hydrogen) atoms. The Morgan fingerprint density at radius 1 is 1.07 bits per heavy atom. The lowest BCUT2D eigenvalue weighted by molar-refractivity contribution is -0.506. The van der Waals surface area contributed by atoms with Crippen molar-refractivity contribution >= 4 is 21.1 Å².